The van der Waals surface area contributed by atoms with Gasteiger partial charge in [0.15, 0.2) is 0 Å². The third-order valence-electron chi connectivity index (χ3n) is 5.57. The van der Waals surface area contributed by atoms with Crippen molar-refractivity contribution in [2.75, 3.05) is 6.61 Å². The maximum absolute atomic E-state index is 11.4. The second-order valence-corrected chi connectivity index (χ2v) is 7.63. The van der Waals surface area contributed by atoms with Crippen LogP contribution in [0.4, 0.5) is 0 Å². The lowest BCUT2D eigenvalue weighted by Crippen LogP contribution is -2.23. The smallest absolute Gasteiger partial charge is 0.333 e. The number of hydrogen-bond donors (Lipinski definition) is 0. The average molecular weight is 292 g/mol. The van der Waals surface area contributed by atoms with E-state index in [2.05, 4.69) is 13.5 Å². The Labute approximate surface area is 130 Å². The van der Waals surface area contributed by atoms with Crippen molar-refractivity contribution in [1.29, 1.82) is 0 Å². The molecule has 0 aromatic rings. The molecule has 2 nitrogen and oxygen atoms in total. The molecular formula is C19H32O2. The second-order valence-electron chi connectivity index (χ2n) is 7.63. The van der Waals surface area contributed by atoms with Gasteiger partial charge in [0.1, 0.15) is 0 Å². The molecule has 0 aromatic carbocycles. The van der Waals surface area contributed by atoms with Gasteiger partial charge in [-0.15, -0.1) is 0 Å². The van der Waals surface area contributed by atoms with E-state index in [1.807, 2.05) is 0 Å². The molecule has 2 heteroatoms. The fourth-order valence-corrected chi connectivity index (χ4v) is 3.99. The molecule has 2 aliphatic rings. The predicted octanol–water partition coefficient (Wildman–Crippen LogP) is 5.13. The molecule has 2 aliphatic carbocycles. The Bertz CT molecular complexity index is 345. The van der Waals surface area contributed by atoms with Gasteiger partial charge in [-0.2, -0.15) is 0 Å². The van der Waals surface area contributed by atoms with E-state index in [-0.39, 0.29) is 5.97 Å². The first-order chi connectivity index (χ1) is 10.0. The molecule has 2 saturated carbocycles. The quantitative estimate of drug-likeness (QED) is 0.519. The van der Waals surface area contributed by atoms with Gasteiger partial charge in [-0.05, 0) is 49.9 Å². The highest BCUT2D eigenvalue weighted by molar-refractivity contribution is 5.86. The standard InChI is InChI=1S/C19H32O2/c1-14(2)19(20)21-13-18-10-8-17(9-11-18)12-16-6-4-15(3)5-7-16/h15-18H,1,4-13H2,2-3H3. The number of rotatable bonds is 5. The van der Waals surface area contributed by atoms with Crippen LogP contribution in [-0.2, 0) is 9.53 Å². The Balaban J connectivity index is 1.62. The lowest BCUT2D eigenvalue weighted by Gasteiger charge is -2.33. The number of esters is 1. The zero-order valence-corrected chi connectivity index (χ0v) is 13.9. The normalized spacial score (nSPS) is 33.4. The number of hydrogen-bond acceptors (Lipinski definition) is 2. The van der Waals surface area contributed by atoms with Crippen LogP contribution >= 0.6 is 0 Å². The van der Waals surface area contributed by atoms with E-state index in [0.29, 0.717) is 18.1 Å². The van der Waals surface area contributed by atoms with Crippen LogP contribution in [0.3, 0.4) is 0 Å². The van der Waals surface area contributed by atoms with E-state index in [9.17, 15) is 4.79 Å². The van der Waals surface area contributed by atoms with Gasteiger partial charge >= 0.3 is 5.97 Å². The van der Waals surface area contributed by atoms with Gasteiger partial charge in [-0.25, -0.2) is 4.79 Å². The summed E-state index contributed by atoms with van der Waals surface area (Å²) in [6, 6.07) is 0. The van der Waals surface area contributed by atoms with Crippen molar-refractivity contribution in [3.63, 3.8) is 0 Å². The SMILES string of the molecule is C=C(C)C(=O)OCC1CCC(CC2CCC(C)CC2)CC1. The van der Waals surface area contributed by atoms with Crippen LogP contribution in [-0.4, -0.2) is 12.6 Å². The van der Waals surface area contributed by atoms with Crippen molar-refractivity contribution in [3.05, 3.63) is 12.2 Å². The maximum atomic E-state index is 11.4. The summed E-state index contributed by atoms with van der Waals surface area (Å²) in [6.45, 7) is 8.33. The van der Waals surface area contributed by atoms with Crippen molar-refractivity contribution >= 4 is 5.97 Å². The molecule has 0 amide bonds. The molecule has 0 radical (unpaired) electrons. The third-order valence-corrected chi connectivity index (χ3v) is 5.57. The van der Waals surface area contributed by atoms with E-state index in [0.717, 1.165) is 17.8 Å². The second kappa shape index (κ2) is 8.00. The van der Waals surface area contributed by atoms with Crippen molar-refractivity contribution < 1.29 is 9.53 Å². The average Bonchev–Trinajstić information content (AvgIpc) is 2.48. The highest BCUT2D eigenvalue weighted by Crippen LogP contribution is 2.38. The molecule has 2 rings (SSSR count). The Kier molecular flexibility index (Phi) is 6.32. The molecule has 0 spiro atoms. The predicted molar refractivity (Wildman–Crippen MR) is 87.0 cm³/mol. The van der Waals surface area contributed by atoms with Crippen molar-refractivity contribution in [2.45, 2.75) is 71.6 Å². The lowest BCUT2D eigenvalue weighted by atomic mass is 9.73. The summed E-state index contributed by atoms with van der Waals surface area (Å²) in [7, 11) is 0. The summed E-state index contributed by atoms with van der Waals surface area (Å²) < 4.78 is 5.30. The number of ether oxygens (including phenoxy) is 1. The van der Waals surface area contributed by atoms with Crippen LogP contribution in [0.1, 0.15) is 71.6 Å². The largest absolute Gasteiger partial charge is 0.462 e. The molecule has 120 valence electrons. The highest BCUT2D eigenvalue weighted by Gasteiger charge is 2.26. The number of carbonyl (C=O) groups excluding carboxylic acids is 1. The van der Waals surface area contributed by atoms with Gasteiger partial charge in [0, 0.05) is 5.57 Å². The number of carbonyl (C=O) groups is 1. The molecule has 2 fully saturated rings. The van der Waals surface area contributed by atoms with Crippen molar-refractivity contribution in [1.82, 2.24) is 0 Å². The van der Waals surface area contributed by atoms with Crippen LogP contribution in [0.5, 0.6) is 0 Å². The van der Waals surface area contributed by atoms with E-state index in [1.54, 1.807) is 6.92 Å². The summed E-state index contributed by atoms with van der Waals surface area (Å²) >= 11 is 0. The van der Waals surface area contributed by atoms with E-state index < -0.39 is 0 Å². The Hall–Kier alpha value is -0.790. The zero-order valence-electron chi connectivity index (χ0n) is 13.9. The van der Waals surface area contributed by atoms with Crippen LogP contribution < -0.4 is 0 Å². The first kappa shape index (κ1) is 16.6. The highest BCUT2D eigenvalue weighted by atomic mass is 16.5. The molecule has 21 heavy (non-hydrogen) atoms. The van der Waals surface area contributed by atoms with Crippen LogP contribution in [0.2, 0.25) is 0 Å². The minimum Gasteiger partial charge on any atom is -0.462 e. The van der Waals surface area contributed by atoms with Gasteiger partial charge in [-0.1, -0.05) is 52.0 Å². The molecule has 0 aromatic heterocycles. The topological polar surface area (TPSA) is 26.3 Å². The van der Waals surface area contributed by atoms with Crippen LogP contribution in [0.25, 0.3) is 0 Å². The van der Waals surface area contributed by atoms with Crippen LogP contribution in [0.15, 0.2) is 12.2 Å². The molecule has 0 bridgehead atoms. The van der Waals surface area contributed by atoms with Gasteiger partial charge in [-0.3, -0.25) is 0 Å². The van der Waals surface area contributed by atoms with Gasteiger partial charge in [0.25, 0.3) is 0 Å². The Morgan fingerprint density at radius 3 is 1.95 bits per heavy atom. The fraction of sp³-hybridized carbons (Fsp3) is 0.842. The molecule has 0 atom stereocenters. The van der Waals surface area contributed by atoms with Crippen molar-refractivity contribution in [2.24, 2.45) is 23.7 Å². The minimum atomic E-state index is -0.228. The van der Waals surface area contributed by atoms with Gasteiger partial charge in [0.05, 0.1) is 6.61 Å². The summed E-state index contributed by atoms with van der Waals surface area (Å²) in [5.74, 6) is 3.23. The molecule has 0 heterocycles. The Morgan fingerprint density at radius 2 is 1.43 bits per heavy atom. The van der Waals surface area contributed by atoms with E-state index in [1.165, 1.54) is 57.8 Å². The van der Waals surface area contributed by atoms with Gasteiger partial charge in [0.2, 0.25) is 0 Å². The van der Waals surface area contributed by atoms with Crippen molar-refractivity contribution in [3.8, 4) is 0 Å². The lowest BCUT2D eigenvalue weighted by molar-refractivity contribution is -0.140. The molecular weight excluding hydrogens is 260 g/mol. The molecule has 0 N–H and O–H groups in total. The van der Waals surface area contributed by atoms with Crippen LogP contribution in [0, 0.1) is 23.7 Å². The van der Waals surface area contributed by atoms with Gasteiger partial charge < -0.3 is 4.74 Å². The summed E-state index contributed by atoms with van der Waals surface area (Å²) in [5.41, 5.74) is 0.509. The fourth-order valence-electron chi connectivity index (χ4n) is 3.99. The summed E-state index contributed by atoms with van der Waals surface area (Å²) in [4.78, 5) is 11.4. The molecule has 0 unspecified atom stereocenters. The Morgan fingerprint density at radius 1 is 0.952 bits per heavy atom. The molecule has 0 saturated heterocycles. The maximum Gasteiger partial charge on any atom is 0.333 e. The minimum absolute atomic E-state index is 0.228. The van der Waals surface area contributed by atoms with E-state index >= 15 is 0 Å². The first-order valence-corrected chi connectivity index (χ1v) is 8.87. The third kappa shape index (κ3) is 5.48. The molecule has 0 aliphatic heterocycles. The summed E-state index contributed by atoms with van der Waals surface area (Å²) in [5, 5.41) is 0. The summed E-state index contributed by atoms with van der Waals surface area (Å²) in [6.07, 6.45) is 12.4. The zero-order chi connectivity index (χ0) is 15.2. The first-order valence-electron chi connectivity index (χ1n) is 8.87. The monoisotopic (exact) mass is 292 g/mol. The van der Waals surface area contributed by atoms with E-state index in [4.69, 9.17) is 4.74 Å².